The molecule has 1 aromatic heterocycles. The van der Waals surface area contributed by atoms with E-state index in [1.165, 1.54) is 4.88 Å². The predicted molar refractivity (Wildman–Crippen MR) is 57.6 cm³/mol. The Hall–Kier alpha value is -0.390. The van der Waals surface area contributed by atoms with Crippen molar-refractivity contribution < 1.29 is 4.79 Å². The number of hydrogen-bond donors (Lipinski definition) is 2. The molecule has 1 rings (SSSR count). The molecule has 72 valence electrons. The normalized spacial score (nSPS) is 12.8. The molecular weight excluding hydrogens is 252 g/mol. The van der Waals surface area contributed by atoms with E-state index in [1.807, 2.05) is 18.4 Å². The summed E-state index contributed by atoms with van der Waals surface area (Å²) in [5, 5.41) is 5.04. The van der Waals surface area contributed by atoms with Crippen molar-refractivity contribution in [3.63, 3.8) is 0 Å². The highest BCUT2D eigenvalue weighted by molar-refractivity contribution is 9.10. The van der Waals surface area contributed by atoms with E-state index in [2.05, 4.69) is 21.2 Å². The van der Waals surface area contributed by atoms with E-state index in [-0.39, 0.29) is 18.5 Å². The van der Waals surface area contributed by atoms with Gasteiger partial charge in [0.2, 0.25) is 5.91 Å². The number of thiophene rings is 1. The third-order valence-electron chi connectivity index (χ3n) is 1.60. The van der Waals surface area contributed by atoms with E-state index in [9.17, 15) is 4.79 Å². The van der Waals surface area contributed by atoms with E-state index in [0.29, 0.717) is 0 Å². The third kappa shape index (κ3) is 3.46. The minimum absolute atomic E-state index is 0.170. The zero-order valence-corrected chi connectivity index (χ0v) is 9.61. The summed E-state index contributed by atoms with van der Waals surface area (Å²) in [6, 6.07) is 2.20. The van der Waals surface area contributed by atoms with Crippen LogP contribution >= 0.6 is 27.3 Å². The van der Waals surface area contributed by atoms with Gasteiger partial charge in [-0.2, -0.15) is 0 Å². The van der Waals surface area contributed by atoms with Gasteiger partial charge in [0.1, 0.15) is 0 Å². The van der Waals surface area contributed by atoms with Gasteiger partial charge in [-0.05, 0) is 28.9 Å². The number of hydrogen-bond acceptors (Lipinski definition) is 3. The van der Waals surface area contributed by atoms with Gasteiger partial charge in [0, 0.05) is 20.8 Å². The molecule has 0 radical (unpaired) electrons. The van der Waals surface area contributed by atoms with Gasteiger partial charge >= 0.3 is 0 Å². The fraction of sp³-hybridized carbons (Fsp3) is 0.375. The summed E-state index contributed by atoms with van der Waals surface area (Å²) in [5.41, 5.74) is 5.02. The number of carbonyl (C=O) groups is 1. The van der Waals surface area contributed by atoms with E-state index in [0.717, 1.165) is 4.47 Å². The van der Waals surface area contributed by atoms with Gasteiger partial charge in [-0.25, -0.2) is 0 Å². The minimum Gasteiger partial charge on any atom is -0.369 e. The molecule has 3 N–H and O–H groups in total. The molecular formula is C8H11BrN2OS. The first kappa shape index (κ1) is 10.7. The molecule has 1 atom stereocenters. The Morgan fingerprint density at radius 1 is 1.85 bits per heavy atom. The van der Waals surface area contributed by atoms with Crippen LogP contribution in [-0.4, -0.2) is 12.5 Å². The molecule has 1 heterocycles. The lowest BCUT2D eigenvalue weighted by Gasteiger charge is -2.09. The van der Waals surface area contributed by atoms with Crippen molar-refractivity contribution in [1.82, 2.24) is 5.32 Å². The zero-order chi connectivity index (χ0) is 9.84. The first-order valence-corrected chi connectivity index (χ1v) is 5.52. The average Bonchev–Trinajstić information content (AvgIpc) is 2.47. The van der Waals surface area contributed by atoms with Gasteiger partial charge in [-0.1, -0.05) is 0 Å². The summed E-state index contributed by atoms with van der Waals surface area (Å²) in [6.07, 6.45) is 0. The quantitative estimate of drug-likeness (QED) is 0.867. The third-order valence-corrected chi connectivity index (χ3v) is 3.47. The van der Waals surface area contributed by atoms with Crippen molar-refractivity contribution in [3.8, 4) is 0 Å². The Bertz CT molecular complexity index is 300. The van der Waals surface area contributed by atoms with Crippen molar-refractivity contribution in [2.24, 2.45) is 5.73 Å². The van der Waals surface area contributed by atoms with Gasteiger partial charge in [0.05, 0.1) is 6.54 Å². The van der Waals surface area contributed by atoms with Crippen LogP contribution in [0.25, 0.3) is 0 Å². The van der Waals surface area contributed by atoms with Crippen LogP contribution < -0.4 is 11.1 Å². The number of primary amides is 1. The molecule has 0 aromatic carbocycles. The number of nitrogens with two attached hydrogens (primary N) is 1. The molecule has 1 amide bonds. The Morgan fingerprint density at radius 3 is 3.00 bits per heavy atom. The zero-order valence-electron chi connectivity index (χ0n) is 7.21. The highest BCUT2D eigenvalue weighted by Crippen LogP contribution is 2.24. The maximum Gasteiger partial charge on any atom is 0.231 e. The molecule has 0 fully saturated rings. The number of rotatable bonds is 4. The van der Waals surface area contributed by atoms with Gasteiger partial charge < -0.3 is 11.1 Å². The van der Waals surface area contributed by atoms with Gasteiger partial charge in [0.15, 0.2) is 0 Å². The van der Waals surface area contributed by atoms with Crippen LogP contribution in [0.1, 0.15) is 17.8 Å². The highest BCUT2D eigenvalue weighted by atomic mass is 79.9. The summed E-state index contributed by atoms with van der Waals surface area (Å²) < 4.78 is 1.07. The van der Waals surface area contributed by atoms with Gasteiger partial charge in [0.25, 0.3) is 0 Å². The summed E-state index contributed by atoms with van der Waals surface area (Å²) in [6.45, 7) is 2.22. The van der Waals surface area contributed by atoms with E-state index >= 15 is 0 Å². The predicted octanol–water partition coefficient (Wildman–Crippen LogP) is 1.65. The monoisotopic (exact) mass is 262 g/mol. The Kier molecular flexibility index (Phi) is 3.90. The molecule has 13 heavy (non-hydrogen) atoms. The fourth-order valence-corrected chi connectivity index (χ4v) is 2.39. The van der Waals surface area contributed by atoms with Crippen molar-refractivity contribution in [3.05, 3.63) is 20.8 Å². The molecule has 1 unspecified atom stereocenters. The number of carbonyl (C=O) groups excluding carboxylic acids is 1. The first-order valence-electron chi connectivity index (χ1n) is 3.85. The Morgan fingerprint density at radius 2 is 2.54 bits per heavy atom. The average molecular weight is 263 g/mol. The second-order valence-electron chi connectivity index (χ2n) is 2.74. The van der Waals surface area contributed by atoms with Crippen LogP contribution in [0.3, 0.4) is 0 Å². The van der Waals surface area contributed by atoms with Crippen molar-refractivity contribution in [2.45, 2.75) is 13.0 Å². The van der Waals surface area contributed by atoms with E-state index in [4.69, 9.17) is 5.73 Å². The maximum atomic E-state index is 10.5. The Labute approximate surface area is 89.5 Å². The second-order valence-corrected chi connectivity index (χ2v) is 4.59. The summed E-state index contributed by atoms with van der Waals surface area (Å²) in [4.78, 5) is 11.7. The molecule has 0 bridgehead atoms. The summed E-state index contributed by atoms with van der Waals surface area (Å²) in [7, 11) is 0. The molecule has 0 saturated heterocycles. The Balaban J connectivity index is 2.48. The van der Waals surface area contributed by atoms with Crippen molar-refractivity contribution >= 4 is 33.2 Å². The number of halogens is 1. The van der Waals surface area contributed by atoms with E-state index in [1.54, 1.807) is 11.3 Å². The lowest BCUT2D eigenvalue weighted by atomic mass is 10.3. The topological polar surface area (TPSA) is 55.1 Å². The smallest absolute Gasteiger partial charge is 0.231 e. The molecule has 0 aliphatic rings. The number of amides is 1. The van der Waals surface area contributed by atoms with Crippen molar-refractivity contribution in [1.29, 1.82) is 0 Å². The summed E-state index contributed by atoms with van der Waals surface area (Å²) >= 11 is 5.02. The molecule has 3 nitrogen and oxygen atoms in total. The lowest BCUT2D eigenvalue weighted by Crippen LogP contribution is -2.30. The summed E-state index contributed by atoms with van der Waals surface area (Å²) in [5.74, 6) is -0.331. The molecule has 0 aliphatic heterocycles. The minimum atomic E-state index is -0.331. The van der Waals surface area contributed by atoms with Crippen LogP contribution in [0, 0.1) is 0 Å². The molecule has 0 saturated carbocycles. The SMILES string of the molecule is CC(NCC(N)=O)c1cc(Br)cs1. The van der Waals surface area contributed by atoms with Crippen LogP contribution in [-0.2, 0) is 4.79 Å². The molecule has 5 heteroatoms. The molecule has 0 spiro atoms. The van der Waals surface area contributed by atoms with E-state index < -0.39 is 0 Å². The largest absolute Gasteiger partial charge is 0.369 e. The molecule has 1 aromatic rings. The maximum absolute atomic E-state index is 10.5. The van der Waals surface area contributed by atoms with Crippen molar-refractivity contribution in [2.75, 3.05) is 6.54 Å². The fourth-order valence-electron chi connectivity index (χ4n) is 0.910. The van der Waals surface area contributed by atoms with Gasteiger partial charge in [-0.3, -0.25) is 4.79 Å². The van der Waals surface area contributed by atoms with Crippen LogP contribution in [0.2, 0.25) is 0 Å². The standard InChI is InChI=1S/C8H11BrN2OS/c1-5(11-3-8(10)12)7-2-6(9)4-13-7/h2,4-5,11H,3H2,1H3,(H2,10,12). The van der Waals surface area contributed by atoms with Crippen LogP contribution in [0.4, 0.5) is 0 Å². The second kappa shape index (κ2) is 4.74. The molecule has 0 aliphatic carbocycles. The highest BCUT2D eigenvalue weighted by Gasteiger charge is 2.07. The van der Waals surface area contributed by atoms with Crippen LogP contribution in [0.5, 0.6) is 0 Å². The lowest BCUT2D eigenvalue weighted by molar-refractivity contribution is -0.117. The van der Waals surface area contributed by atoms with Gasteiger partial charge in [-0.15, -0.1) is 11.3 Å². The first-order chi connectivity index (χ1) is 6.09. The van der Waals surface area contributed by atoms with Crippen LogP contribution in [0.15, 0.2) is 15.9 Å². The number of nitrogens with one attached hydrogen (secondary N) is 1.